The highest BCUT2D eigenvalue weighted by molar-refractivity contribution is 5.76. The number of carbonyl (C=O) groups is 1. The van der Waals surface area contributed by atoms with Crippen molar-refractivity contribution in [3.63, 3.8) is 0 Å². The molecule has 7 unspecified atom stereocenters. The molecular weight excluding hydrogens is 935 g/mol. The molecule has 1 saturated heterocycles. The van der Waals surface area contributed by atoms with Crippen molar-refractivity contribution in [2.24, 2.45) is 0 Å². The van der Waals surface area contributed by atoms with E-state index < -0.39 is 49.5 Å². The first-order chi connectivity index (χ1) is 36.8. The van der Waals surface area contributed by atoms with Crippen molar-refractivity contribution in [1.29, 1.82) is 0 Å². The fourth-order valence-electron chi connectivity index (χ4n) is 9.53. The normalized spacial score (nSPS) is 19.5. The van der Waals surface area contributed by atoms with E-state index in [9.17, 15) is 30.3 Å². The van der Waals surface area contributed by atoms with Gasteiger partial charge in [0.15, 0.2) is 6.29 Å². The fraction of sp³-hybridized carbons (Fsp3) is 0.773. The molecule has 0 saturated carbocycles. The van der Waals surface area contributed by atoms with Crippen LogP contribution >= 0.6 is 0 Å². The summed E-state index contributed by atoms with van der Waals surface area (Å²) in [5, 5.41) is 54.6. The van der Waals surface area contributed by atoms with E-state index in [1.54, 1.807) is 6.08 Å². The lowest BCUT2D eigenvalue weighted by molar-refractivity contribution is -0.302. The predicted molar refractivity (Wildman–Crippen MR) is 318 cm³/mol. The van der Waals surface area contributed by atoms with Crippen LogP contribution in [-0.2, 0) is 14.3 Å². The third kappa shape index (κ3) is 44.0. The largest absolute Gasteiger partial charge is 0.394 e. The number of amides is 1. The molecule has 9 nitrogen and oxygen atoms in total. The van der Waals surface area contributed by atoms with Crippen LogP contribution in [0, 0.1) is 0 Å². The second-order valence-corrected chi connectivity index (χ2v) is 21.4. The molecule has 1 amide bonds. The van der Waals surface area contributed by atoms with Crippen LogP contribution in [0.15, 0.2) is 85.1 Å². The molecular formula is C66H117NO8. The molecule has 1 aliphatic rings. The third-order valence-corrected chi connectivity index (χ3v) is 14.4. The van der Waals surface area contributed by atoms with Crippen molar-refractivity contribution in [3.8, 4) is 0 Å². The van der Waals surface area contributed by atoms with E-state index in [0.29, 0.717) is 6.42 Å². The van der Waals surface area contributed by atoms with E-state index in [4.69, 9.17) is 9.47 Å². The average Bonchev–Trinajstić information content (AvgIpc) is 3.41. The Morgan fingerprint density at radius 1 is 0.467 bits per heavy atom. The number of ether oxygens (including phenoxy) is 2. The number of hydrogen-bond acceptors (Lipinski definition) is 8. The van der Waals surface area contributed by atoms with E-state index in [1.165, 1.54) is 167 Å². The maximum atomic E-state index is 13.1. The first kappa shape index (κ1) is 70.4. The number of aliphatic hydroxyl groups excluding tert-OH is 5. The molecule has 0 aromatic heterocycles. The monoisotopic (exact) mass is 1050 g/mol. The van der Waals surface area contributed by atoms with Crippen molar-refractivity contribution in [2.45, 2.75) is 314 Å². The van der Waals surface area contributed by atoms with E-state index in [-0.39, 0.29) is 12.5 Å². The minimum absolute atomic E-state index is 0.200. The standard InChI is InChI=1S/C66H117NO8/c1-3-5-7-9-11-13-15-17-19-21-23-25-26-27-28-29-30-31-32-33-34-36-37-39-41-43-45-47-49-51-53-55-60(69)59(58-74-66-65(73)64(72)63(71)61(57-68)75-66)67-62(70)56-54-52-50-48-46-44-42-40-38-35-24-22-20-18-16-14-12-10-8-6-4-2/h6,8,12,14,18,20,24,35,37,39,45,47,53,55,59-61,63-66,68-69,71-73H,3-5,7,9-11,13,15-17,19,21-23,25-34,36,38,40-44,46,48-52,54,56-58H2,1-2H3,(H,67,70)/b8-6-,14-12-,20-18-,35-24-,39-37+,47-45+,55-53+. The van der Waals surface area contributed by atoms with Gasteiger partial charge in [-0.15, -0.1) is 0 Å². The molecule has 7 atom stereocenters. The quantitative estimate of drug-likeness (QED) is 0.0261. The number of carbonyl (C=O) groups excluding carboxylic acids is 1. The molecule has 0 radical (unpaired) electrons. The zero-order chi connectivity index (χ0) is 54.3. The van der Waals surface area contributed by atoms with Gasteiger partial charge in [0.05, 0.1) is 25.4 Å². The second kappa shape index (κ2) is 54.7. The van der Waals surface area contributed by atoms with Gasteiger partial charge in [0, 0.05) is 6.42 Å². The van der Waals surface area contributed by atoms with Gasteiger partial charge in [-0.05, 0) is 83.5 Å². The SMILES string of the molecule is CC/C=C\C/C=C\C/C=C\C/C=C\CCCCCCCCCCC(=O)NC(COC1OC(CO)C(O)C(O)C1O)C(O)/C=C/CC/C=C/CC/C=C/CCCCCCCCCCCCCCCCCCCCCCC. The first-order valence-corrected chi connectivity index (χ1v) is 31.3. The highest BCUT2D eigenvalue weighted by Gasteiger charge is 2.44. The fourth-order valence-corrected chi connectivity index (χ4v) is 9.53. The minimum atomic E-state index is -1.58. The van der Waals surface area contributed by atoms with Crippen LogP contribution in [0.1, 0.15) is 271 Å². The highest BCUT2D eigenvalue weighted by Crippen LogP contribution is 2.23. The van der Waals surface area contributed by atoms with Gasteiger partial charge in [-0.3, -0.25) is 4.79 Å². The van der Waals surface area contributed by atoms with Crippen LogP contribution in [0.2, 0.25) is 0 Å². The van der Waals surface area contributed by atoms with Crippen molar-refractivity contribution in [3.05, 3.63) is 85.1 Å². The van der Waals surface area contributed by atoms with Crippen molar-refractivity contribution in [1.82, 2.24) is 5.32 Å². The number of unbranched alkanes of at least 4 members (excludes halogenated alkanes) is 31. The Morgan fingerprint density at radius 2 is 0.840 bits per heavy atom. The summed E-state index contributed by atoms with van der Waals surface area (Å²) in [7, 11) is 0. The lowest BCUT2D eigenvalue weighted by atomic mass is 9.99. The smallest absolute Gasteiger partial charge is 0.220 e. The summed E-state index contributed by atoms with van der Waals surface area (Å²) in [6.07, 6.45) is 71.0. The Hall–Kier alpha value is -2.63. The molecule has 0 spiro atoms. The van der Waals surface area contributed by atoms with Crippen LogP contribution in [0.4, 0.5) is 0 Å². The van der Waals surface area contributed by atoms with Gasteiger partial charge in [0.2, 0.25) is 5.91 Å². The van der Waals surface area contributed by atoms with Crippen LogP contribution in [0.5, 0.6) is 0 Å². The zero-order valence-corrected chi connectivity index (χ0v) is 48.3. The van der Waals surface area contributed by atoms with Crippen LogP contribution < -0.4 is 5.32 Å². The molecule has 9 heteroatoms. The first-order valence-electron chi connectivity index (χ1n) is 31.3. The van der Waals surface area contributed by atoms with Crippen LogP contribution in [0.25, 0.3) is 0 Å². The van der Waals surface area contributed by atoms with Crippen molar-refractivity contribution >= 4 is 5.91 Å². The lowest BCUT2D eigenvalue weighted by Gasteiger charge is -2.40. The Labute approximate surface area is 461 Å². The number of aliphatic hydroxyl groups is 5. The van der Waals surface area contributed by atoms with Gasteiger partial charge in [0.1, 0.15) is 24.4 Å². The predicted octanol–water partition coefficient (Wildman–Crippen LogP) is 16.2. The summed E-state index contributed by atoms with van der Waals surface area (Å²) < 4.78 is 11.3. The van der Waals surface area contributed by atoms with E-state index in [0.717, 1.165) is 83.5 Å². The maximum absolute atomic E-state index is 13.1. The second-order valence-electron chi connectivity index (χ2n) is 21.4. The number of hydrogen-bond donors (Lipinski definition) is 6. The van der Waals surface area contributed by atoms with E-state index >= 15 is 0 Å². The summed E-state index contributed by atoms with van der Waals surface area (Å²) in [5.74, 6) is -0.200. The highest BCUT2D eigenvalue weighted by atomic mass is 16.7. The Kier molecular flexibility index (Phi) is 51.3. The molecule has 6 N–H and O–H groups in total. The molecule has 1 heterocycles. The Morgan fingerprint density at radius 3 is 1.28 bits per heavy atom. The Balaban J connectivity index is 2.22. The van der Waals surface area contributed by atoms with E-state index in [1.807, 2.05) is 6.08 Å². The summed E-state index contributed by atoms with van der Waals surface area (Å²) in [6.45, 7) is 3.66. The third-order valence-electron chi connectivity index (χ3n) is 14.4. The van der Waals surface area contributed by atoms with Gasteiger partial charge in [-0.2, -0.15) is 0 Å². The minimum Gasteiger partial charge on any atom is -0.394 e. The maximum Gasteiger partial charge on any atom is 0.220 e. The van der Waals surface area contributed by atoms with E-state index in [2.05, 4.69) is 92.1 Å². The van der Waals surface area contributed by atoms with Crippen LogP contribution in [0.3, 0.4) is 0 Å². The zero-order valence-electron chi connectivity index (χ0n) is 48.3. The summed E-state index contributed by atoms with van der Waals surface area (Å²) in [5.41, 5.74) is 0. The van der Waals surface area contributed by atoms with Crippen molar-refractivity contribution < 1.29 is 39.8 Å². The van der Waals surface area contributed by atoms with Gasteiger partial charge in [-0.25, -0.2) is 0 Å². The molecule has 0 aromatic carbocycles. The number of allylic oxidation sites excluding steroid dienone is 13. The lowest BCUT2D eigenvalue weighted by Crippen LogP contribution is -2.60. The summed E-state index contributed by atoms with van der Waals surface area (Å²) in [6, 6.07) is -0.839. The molecule has 434 valence electrons. The Bertz CT molecular complexity index is 1450. The van der Waals surface area contributed by atoms with Gasteiger partial charge in [0.25, 0.3) is 0 Å². The molecule has 0 aliphatic carbocycles. The van der Waals surface area contributed by atoms with Gasteiger partial charge >= 0.3 is 0 Å². The molecule has 1 aliphatic heterocycles. The molecule has 0 aromatic rings. The molecule has 0 bridgehead atoms. The van der Waals surface area contributed by atoms with Crippen molar-refractivity contribution in [2.75, 3.05) is 13.2 Å². The number of nitrogens with one attached hydrogen (secondary N) is 1. The van der Waals surface area contributed by atoms with Crippen LogP contribution in [-0.4, -0.2) is 87.5 Å². The average molecular weight is 1050 g/mol. The molecule has 1 fully saturated rings. The number of rotatable bonds is 53. The summed E-state index contributed by atoms with van der Waals surface area (Å²) in [4.78, 5) is 13.1. The topological polar surface area (TPSA) is 149 Å². The van der Waals surface area contributed by atoms with Gasteiger partial charge < -0.3 is 40.3 Å². The summed E-state index contributed by atoms with van der Waals surface area (Å²) >= 11 is 0. The van der Waals surface area contributed by atoms with Gasteiger partial charge in [-0.1, -0.05) is 266 Å². The molecule has 75 heavy (non-hydrogen) atoms. The molecule has 1 rings (SSSR count).